The van der Waals surface area contributed by atoms with E-state index in [2.05, 4.69) is 36.9 Å². The molecule has 0 atom stereocenters. The van der Waals surface area contributed by atoms with Gasteiger partial charge in [0.1, 0.15) is 0 Å². The Morgan fingerprint density at radius 1 is 0.657 bits per heavy atom. The van der Waals surface area contributed by atoms with Crippen molar-refractivity contribution in [3.8, 4) is 0 Å². The van der Waals surface area contributed by atoms with Crippen LogP contribution < -0.4 is 0 Å². The Bertz CT molecular complexity index is 452. The Hall–Kier alpha value is 0.205. The molecular weight excluding hydrogens is 646 g/mol. The fourth-order valence-corrected chi connectivity index (χ4v) is 2.86. The van der Waals surface area contributed by atoms with E-state index < -0.39 is 5.60 Å². The minimum atomic E-state index is -0.450. The van der Waals surface area contributed by atoms with Gasteiger partial charge in [-0.25, -0.2) is 0 Å². The molecule has 35 heavy (non-hydrogen) atoms. The van der Waals surface area contributed by atoms with E-state index in [4.69, 9.17) is 19.1 Å². The van der Waals surface area contributed by atoms with Crippen LogP contribution in [0.3, 0.4) is 0 Å². The zero-order valence-electron chi connectivity index (χ0n) is 19.6. The van der Waals surface area contributed by atoms with Crippen LogP contribution in [0.4, 0.5) is 0 Å². The fraction of sp³-hybridized carbons (Fsp3) is 0.250. The van der Waals surface area contributed by atoms with Gasteiger partial charge in [-0.15, -0.1) is 0 Å². The molecule has 0 aromatic heterocycles. The van der Waals surface area contributed by atoms with Crippen molar-refractivity contribution in [3.63, 3.8) is 0 Å². The molecule has 0 heterocycles. The molecule has 2 N–H and O–H groups in total. The molecule has 0 unspecified atom stereocenters. The Kier molecular flexibility index (Phi) is 43.9. The third-order valence-corrected chi connectivity index (χ3v) is 4.45. The van der Waals surface area contributed by atoms with Gasteiger partial charge in [0.05, 0.1) is 0 Å². The maximum Gasteiger partial charge on any atom is 0 e. The van der Waals surface area contributed by atoms with Crippen LogP contribution in [0.5, 0.6) is 0 Å². The van der Waals surface area contributed by atoms with Crippen molar-refractivity contribution >= 4 is 4.41 Å². The number of hydrogen-bond donors (Lipinski definition) is 2. The summed E-state index contributed by atoms with van der Waals surface area (Å²) in [6, 6.07) is 0. The summed E-state index contributed by atoms with van der Waals surface area (Å²) in [5, 5.41) is 18.8. The third-order valence-electron chi connectivity index (χ3n) is 4.17. The second-order valence-electron chi connectivity index (χ2n) is 6.61. The van der Waals surface area contributed by atoms with E-state index in [1.807, 2.05) is 108 Å². The molecule has 0 aromatic rings. The number of aliphatic hydroxyl groups is 2. The summed E-state index contributed by atoms with van der Waals surface area (Å²) in [5.74, 6) is 0. The monoisotopic (exact) mass is 678 g/mol. The van der Waals surface area contributed by atoms with Crippen LogP contribution in [0, 0.1) is 116 Å². The fourth-order valence-electron chi connectivity index (χ4n) is 2.69. The van der Waals surface area contributed by atoms with E-state index in [-0.39, 0.29) is 25.8 Å². The summed E-state index contributed by atoms with van der Waals surface area (Å²) >= 11 is 2.11. The second kappa shape index (κ2) is 36.4. The Balaban J connectivity index is -0.000000183. The van der Waals surface area contributed by atoms with Crippen LogP contribution in [-0.4, -0.2) is 20.2 Å². The maximum atomic E-state index is 9.93. The van der Waals surface area contributed by atoms with Crippen LogP contribution in [0.25, 0.3) is 0 Å². The van der Waals surface area contributed by atoms with Crippen LogP contribution in [0.15, 0.2) is 12.2 Å². The molecule has 4 fully saturated rings. The van der Waals surface area contributed by atoms with Crippen molar-refractivity contribution in [2.24, 2.45) is 0 Å². The summed E-state index contributed by atoms with van der Waals surface area (Å²) in [4.78, 5) is 0. The van der Waals surface area contributed by atoms with E-state index in [0.717, 1.165) is 32.1 Å². The molecule has 0 aromatic carbocycles. The van der Waals surface area contributed by atoms with E-state index >= 15 is 0 Å². The first kappa shape index (κ1) is 42.3. The summed E-state index contributed by atoms with van der Waals surface area (Å²) in [5.41, 5.74) is -0.450. The largest absolute Gasteiger partial charge is 0.0312 e. The number of rotatable bonds is 4. The molecular formula is C28H31HfO5V. The average molecular weight is 677 g/mol. The van der Waals surface area contributed by atoms with Crippen molar-refractivity contribution in [3.05, 3.63) is 128 Å². The van der Waals surface area contributed by atoms with Crippen molar-refractivity contribution < 1.29 is 67.0 Å². The molecule has 4 saturated carbocycles. The van der Waals surface area contributed by atoms with E-state index in [0.29, 0.717) is 10.8 Å². The normalized spacial score (nSPS) is 18.3. The summed E-state index contributed by atoms with van der Waals surface area (Å²) < 4.78 is 22.9. The van der Waals surface area contributed by atoms with Crippen LogP contribution >= 0.6 is 0 Å². The van der Waals surface area contributed by atoms with Gasteiger partial charge in [0.2, 0.25) is 0 Å². The average Bonchev–Trinajstić information content (AvgIpc) is 3.72. The first-order chi connectivity index (χ1) is 16.6. The first-order valence-electron chi connectivity index (χ1n) is 10.3. The van der Waals surface area contributed by atoms with Crippen molar-refractivity contribution in [1.29, 1.82) is 0 Å². The predicted octanol–water partition coefficient (Wildman–Crippen LogP) is 4.63. The topological polar surface area (TPSA) is 100 Å². The van der Waals surface area contributed by atoms with E-state index in [1.54, 1.807) is 0 Å². The summed E-state index contributed by atoms with van der Waals surface area (Å²) in [7, 11) is 0. The first-order valence-corrected chi connectivity index (χ1v) is 11.0. The SMILES string of the molecule is O[C](=[V])C/C=C/CC1(O)CCCC1.[C-]#[O+].[C-]#[O+].[C-]#[O+].[CH]1[CH][CH][CH][CH]1.[CH]1[CH][CH][CH][CH]1.[CH]1[CH][CH][CH][CH]1.[Hf]. The minimum Gasteiger partial charge on any atom is -0.0312 e. The zero-order valence-corrected chi connectivity index (χ0v) is 24.6. The molecule has 4 aliphatic rings. The molecule has 0 amide bonds. The standard InChI is InChI=1S/C10H16O2.3C5H5.3CO.Hf.V/c11-9-5-1-2-6-10(12)7-3-4-8-10;3*1-2-4-5-3-1;3*1-2;;/h1-2,11-12H,3-8H2;3*1-5H;;;;;/b2-1+;;;;;;;;. The predicted molar refractivity (Wildman–Crippen MR) is 125 cm³/mol. The maximum absolute atomic E-state index is 9.93. The molecule has 0 spiro atoms. The quantitative estimate of drug-likeness (QED) is 0.197. The molecule has 0 aliphatic heterocycles. The second-order valence-corrected chi connectivity index (χ2v) is 7.42. The third kappa shape index (κ3) is 34.2. The van der Waals surface area contributed by atoms with Crippen molar-refractivity contribution in [2.45, 2.75) is 44.1 Å². The Morgan fingerprint density at radius 3 is 1.14 bits per heavy atom. The van der Waals surface area contributed by atoms with Crippen molar-refractivity contribution in [1.82, 2.24) is 0 Å². The van der Waals surface area contributed by atoms with Gasteiger partial charge in [-0.1, -0.05) is 0 Å². The molecule has 4 aliphatic carbocycles. The van der Waals surface area contributed by atoms with Crippen LogP contribution in [0.1, 0.15) is 38.5 Å². The number of hydrogen-bond acceptors (Lipinski definition) is 2. The molecule has 5 nitrogen and oxygen atoms in total. The van der Waals surface area contributed by atoms with Gasteiger partial charge >= 0.3 is 122 Å². The molecule has 7 heteroatoms. The van der Waals surface area contributed by atoms with Crippen molar-refractivity contribution in [2.75, 3.05) is 0 Å². The molecule has 182 valence electrons. The van der Waals surface area contributed by atoms with Gasteiger partial charge in [-0.3, -0.25) is 0 Å². The van der Waals surface area contributed by atoms with Crippen LogP contribution in [0.2, 0.25) is 0 Å². The van der Waals surface area contributed by atoms with Gasteiger partial charge < -0.3 is 0 Å². The number of aliphatic hydroxyl groups excluding tert-OH is 1. The Labute approximate surface area is 242 Å². The van der Waals surface area contributed by atoms with Crippen LogP contribution in [-0.2, 0) is 56.8 Å². The van der Waals surface area contributed by atoms with Gasteiger partial charge in [-0.05, 0) is 96.3 Å². The van der Waals surface area contributed by atoms with E-state index in [1.165, 1.54) is 0 Å². The van der Waals surface area contributed by atoms with Gasteiger partial charge in [0.15, 0.2) is 0 Å². The van der Waals surface area contributed by atoms with Gasteiger partial charge in [0, 0.05) is 25.8 Å². The minimum absolute atomic E-state index is 0. The summed E-state index contributed by atoms with van der Waals surface area (Å²) in [6.45, 7) is 13.5. The molecule has 0 saturated heterocycles. The summed E-state index contributed by atoms with van der Waals surface area (Å²) in [6.07, 6.45) is 39.3. The van der Waals surface area contributed by atoms with Gasteiger partial charge in [0.25, 0.3) is 0 Å². The smallest absolute Gasteiger partial charge is 0 e. The molecule has 15 radical (unpaired) electrons. The molecule has 0 bridgehead atoms. The zero-order chi connectivity index (χ0) is 26.3. The molecule has 4 rings (SSSR count). The van der Waals surface area contributed by atoms with Gasteiger partial charge in [-0.2, -0.15) is 0 Å². The van der Waals surface area contributed by atoms with E-state index in [9.17, 15) is 5.11 Å². The Morgan fingerprint density at radius 2 is 0.914 bits per heavy atom.